The molecule has 1 aromatic carbocycles. The van der Waals surface area contributed by atoms with Gasteiger partial charge >= 0.3 is 0 Å². The normalized spacial score (nSPS) is 10.5. The number of aliphatic hydroxyl groups excluding tert-OH is 1. The molecule has 0 aliphatic carbocycles. The highest BCUT2D eigenvalue weighted by molar-refractivity contribution is 5.20. The Labute approximate surface area is 108 Å². The Bertz CT molecular complexity index is 276. The monoisotopic (exact) mass is 254 g/mol. The molecule has 18 heavy (non-hydrogen) atoms. The summed E-state index contributed by atoms with van der Waals surface area (Å²) in [4.78, 5) is 0. The van der Waals surface area contributed by atoms with E-state index in [1.807, 2.05) is 30.3 Å². The molecular weight excluding hydrogens is 232 g/mol. The molecule has 0 heterocycles. The summed E-state index contributed by atoms with van der Waals surface area (Å²) < 4.78 is 16.1. The van der Waals surface area contributed by atoms with Crippen molar-refractivity contribution in [3.63, 3.8) is 0 Å². The van der Waals surface area contributed by atoms with Gasteiger partial charge in [0.15, 0.2) is 0 Å². The molecule has 0 bridgehead atoms. The topological polar surface area (TPSA) is 47.9 Å². The van der Waals surface area contributed by atoms with Crippen LogP contribution in [-0.4, -0.2) is 44.7 Å². The molecular formula is C14H22O4. The van der Waals surface area contributed by atoms with Crippen LogP contribution in [0.25, 0.3) is 0 Å². The van der Waals surface area contributed by atoms with E-state index in [9.17, 15) is 0 Å². The Morgan fingerprint density at radius 2 is 1.44 bits per heavy atom. The van der Waals surface area contributed by atoms with Crippen molar-refractivity contribution in [3.8, 4) is 5.75 Å². The molecule has 0 aliphatic rings. The summed E-state index contributed by atoms with van der Waals surface area (Å²) in [6.45, 7) is 3.29. The van der Waals surface area contributed by atoms with Gasteiger partial charge in [-0.1, -0.05) is 18.2 Å². The van der Waals surface area contributed by atoms with Gasteiger partial charge < -0.3 is 19.3 Å². The maximum absolute atomic E-state index is 8.53. The molecule has 0 saturated heterocycles. The minimum atomic E-state index is 0.178. The van der Waals surface area contributed by atoms with E-state index in [0.29, 0.717) is 39.5 Å². The number of hydrogen-bond acceptors (Lipinski definition) is 4. The van der Waals surface area contributed by atoms with Gasteiger partial charge in [0.25, 0.3) is 0 Å². The third-order valence-electron chi connectivity index (χ3n) is 2.26. The fourth-order valence-corrected chi connectivity index (χ4v) is 1.36. The number of benzene rings is 1. The molecule has 0 aliphatic heterocycles. The molecule has 0 unspecified atom stereocenters. The van der Waals surface area contributed by atoms with Gasteiger partial charge in [-0.15, -0.1) is 0 Å². The summed E-state index contributed by atoms with van der Waals surface area (Å²) in [6, 6.07) is 9.75. The first-order chi connectivity index (χ1) is 8.93. The molecule has 102 valence electrons. The number of aliphatic hydroxyl groups is 1. The quantitative estimate of drug-likeness (QED) is 0.612. The predicted octanol–water partition coefficient (Wildman–Crippen LogP) is 1.87. The van der Waals surface area contributed by atoms with Crippen LogP contribution >= 0.6 is 0 Å². The summed E-state index contributed by atoms with van der Waals surface area (Å²) in [6.07, 6.45) is 1.55. The van der Waals surface area contributed by atoms with Crippen LogP contribution in [0.3, 0.4) is 0 Å². The molecule has 1 rings (SSSR count). The summed E-state index contributed by atoms with van der Waals surface area (Å²) in [5, 5.41) is 8.53. The minimum Gasteiger partial charge on any atom is -0.494 e. The molecule has 0 saturated carbocycles. The molecule has 0 amide bonds. The lowest BCUT2D eigenvalue weighted by atomic mass is 10.3. The number of rotatable bonds is 11. The lowest BCUT2D eigenvalue weighted by Crippen LogP contribution is -2.08. The van der Waals surface area contributed by atoms with Crippen molar-refractivity contribution in [2.24, 2.45) is 0 Å². The summed E-state index contributed by atoms with van der Waals surface area (Å²) in [5.41, 5.74) is 0. The average molecular weight is 254 g/mol. The number of ether oxygens (including phenoxy) is 3. The van der Waals surface area contributed by atoms with Crippen LogP contribution in [-0.2, 0) is 9.47 Å². The first-order valence-electron chi connectivity index (χ1n) is 6.37. The van der Waals surface area contributed by atoms with Gasteiger partial charge in [0.1, 0.15) is 5.75 Å². The fourth-order valence-electron chi connectivity index (χ4n) is 1.36. The first kappa shape index (κ1) is 15.0. The Morgan fingerprint density at radius 1 is 0.778 bits per heavy atom. The first-order valence-corrected chi connectivity index (χ1v) is 6.37. The van der Waals surface area contributed by atoms with Crippen LogP contribution in [0.15, 0.2) is 30.3 Å². The van der Waals surface area contributed by atoms with Gasteiger partial charge in [0.05, 0.1) is 19.8 Å². The van der Waals surface area contributed by atoms with Gasteiger partial charge in [0, 0.05) is 26.2 Å². The molecule has 0 spiro atoms. The largest absolute Gasteiger partial charge is 0.494 e. The number of hydrogen-bond donors (Lipinski definition) is 1. The number of para-hydroxylation sites is 1. The molecule has 1 aromatic rings. The van der Waals surface area contributed by atoms with E-state index in [2.05, 4.69) is 0 Å². The van der Waals surface area contributed by atoms with Crippen LogP contribution in [0.4, 0.5) is 0 Å². The maximum atomic E-state index is 8.53. The molecule has 4 nitrogen and oxygen atoms in total. The highest BCUT2D eigenvalue weighted by Gasteiger charge is 1.93. The maximum Gasteiger partial charge on any atom is 0.119 e. The summed E-state index contributed by atoms with van der Waals surface area (Å²) in [7, 11) is 0. The van der Waals surface area contributed by atoms with Gasteiger partial charge in [-0.05, 0) is 18.6 Å². The van der Waals surface area contributed by atoms with Crippen LogP contribution in [0.1, 0.15) is 12.8 Å². The minimum absolute atomic E-state index is 0.178. The average Bonchev–Trinajstić information content (AvgIpc) is 2.42. The van der Waals surface area contributed by atoms with Gasteiger partial charge in [0.2, 0.25) is 0 Å². The van der Waals surface area contributed by atoms with Crippen LogP contribution < -0.4 is 4.74 Å². The van der Waals surface area contributed by atoms with Gasteiger partial charge in [-0.25, -0.2) is 0 Å². The predicted molar refractivity (Wildman–Crippen MR) is 69.9 cm³/mol. The Kier molecular flexibility index (Phi) is 9.16. The van der Waals surface area contributed by atoms with E-state index in [4.69, 9.17) is 19.3 Å². The van der Waals surface area contributed by atoms with E-state index < -0.39 is 0 Å². The molecule has 0 fully saturated rings. The van der Waals surface area contributed by atoms with Crippen molar-refractivity contribution < 1.29 is 19.3 Å². The molecule has 0 radical (unpaired) electrons. The van der Waals surface area contributed by atoms with Crippen molar-refractivity contribution in [3.05, 3.63) is 30.3 Å². The van der Waals surface area contributed by atoms with Crippen molar-refractivity contribution in [1.82, 2.24) is 0 Å². The third-order valence-corrected chi connectivity index (χ3v) is 2.26. The highest BCUT2D eigenvalue weighted by atomic mass is 16.5. The van der Waals surface area contributed by atoms with Crippen molar-refractivity contribution in [1.29, 1.82) is 0 Å². The van der Waals surface area contributed by atoms with E-state index in [-0.39, 0.29) is 6.61 Å². The highest BCUT2D eigenvalue weighted by Crippen LogP contribution is 2.08. The zero-order valence-corrected chi connectivity index (χ0v) is 10.7. The Morgan fingerprint density at radius 3 is 2.11 bits per heavy atom. The Balaban J connectivity index is 1.82. The summed E-state index contributed by atoms with van der Waals surface area (Å²) >= 11 is 0. The third kappa shape index (κ3) is 8.06. The van der Waals surface area contributed by atoms with Gasteiger partial charge in [-0.3, -0.25) is 0 Å². The molecule has 0 atom stereocenters. The smallest absolute Gasteiger partial charge is 0.119 e. The Hall–Kier alpha value is -1.10. The summed E-state index contributed by atoms with van der Waals surface area (Å²) in [5.74, 6) is 0.893. The van der Waals surface area contributed by atoms with Crippen LogP contribution in [0.2, 0.25) is 0 Å². The second-order valence-electron chi connectivity index (χ2n) is 3.82. The van der Waals surface area contributed by atoms with Crippen molar-refractivity contribution >= 4 is 0 Å². The van der Waals surface area contributed by atoms with Gasteiger partial charge in [-0.2, -0.15) is 0 Å². The van der Waals surface area contributed by atoms with E-state index in [1.165, 1.54) is 0 Å². The molecule has 0 aromatic heterocycles. The fraction of sp³-hybridized carbons (Fsp3) is 0.571. The van der Waals surface area contributed by atoms with Crippen LogP contribution in [0.5, 0.6) is 5.75 Å². The zero-order chi connectivity index (χ0) is 12.9. The lowest BCUT2D eigenvalue weighted by Gasteiger charge is -2.07. The standard InChI is InChI=1S/C14H22O4/c15-8-4-9-16-12-13-17-10-5-11-18-14-6-2-1-3-7-14/h1-3,6-7,15H,4-5,8-13H2. The lowest BCUT2D eigenvalue weighted by molar-refractivity contribution is 0.0389. The second-order valence-corrected chi connectivity index (χ2v) is 3.82. The molecule has 1 N–H and O–H groups in total. The zero-order valence-electron chi connectivity index (χ0n) is 10.7. The van der Waals surface area contributed by atoms with Crippen molar-refractivity contribution in [2.75, 3.05) is 39.6 Å². The van der Waals surface area contributed by atoms with E-state index in [0.717, 1.165) is 12.2 Å². The van der Waals surface area contributed by atoms with Crippen LogP contribution in [0, 0.1) is 0 Å². The van der Waals surface area contributed by atoms with E-state index >= 15 is 0 Å². The SMILES string of the molecule is OCCCOCCOCCCOc1ccccc1. The molecule has 4 heteroatoms. The van der Waals surface area contributed by atoms with E-state index in [1.54, 1.807) is 0 Å². The second kappa shape index (κ2) is 11.0. The van der Waals surface area contributed by atoms with Crippen molar-refractivity contribution in [2.45, 2.75) is 12.8 Å².